The summed E-state index contributed by atoms with van der Waals surface area (Å²) in [5.74, 6) is 1.68. The number of anilines is 1. The lowest BCUT2D eigenvalue weighted by Crippen LogP contribution is -2.15. The van der Waals surface area contributed by atoms with Gasteiger partial charge in [-0.1, -0.05) is 0 Å². The van der Waals surface area contributed by atoms with Crippen LogP contribution in [0.5, 0.6) is 11.5 Å². The number of hydrogen-bond acceptors (Lipinski definition) is 4. The fourth-order valence-electron chi connectivity index (χ4n) is 2.86. The highest BCUT2D eigenvalue weighted by Gasteiger charge is 2.23. The Kier molecular flexibility index (Phi) is 3.26. The summed E-state index contributed by atoms with van der Waals surface area (Å²) in [6.45, 7) is 0.328. The lowest BCUT2D eigenvalue weighted by molar-refractivity contribution is 0.174. The Morgan fingerprint density at radius 1 is 1.20 bits per heavy atom. The second kappa shape index (κ2) is 5.11. The highest BCUT2D eigenvalue weighted by Crippen LogP contribution is 2.40. The number of halogens is 1. The van der Waals surface area contributed by atoms with Gasteiger partial charge in [0.25, 0.3) is 0 Å². The third-order valence-electron chi connectivity index (χ3n) is 3.80. The second-order valence-electron chi connectivity index (χ2n) is 5.09. The van der Waals surface area contributed by atoms with Crippen molar-refractivity contribution in [1.82, 2.24) is 0 Å². The summed E-state index contributed by atoms with van der Waals surface area (Å²) < 4.78 is 12.2. The first-order valence-corrected chi connectivity index (χ1v) is 8.63. The topological polar surface area (TPSA) is 30.5 Å². The molecule has 20 heavy (non-hydrogen) atoms. The maximum absolute atomic E-state index is 5.44. The highest BCUT2D eigenvalue weighted by atomic mass is 127. The molecule has 1 aromatic heterocycles. The van der Waals surface area contributed by atoms with Gasteiger partial charge in [-0.15, -0.1) is 11.3 Å². The van der Waals surface area contributed by atoms with Crippen molar-refractivity contribution in [2.75, 3.05) is 12.1 Å². The Morgan fingerprint density at radius 2 is 2.10 bits per heavy atom. The maximum Gasteiger partial charge on any atom is 0.231 e. The van der Waals surface area contributed by atoms with Crippen LogP contribution in [-0.4, -0.2) is 6.79 Å². The molecule has 1 aromatic carbocycles. The van der Waals surface area contributed by atoms with E-state index < -0.39 is 0 Å². The summed E-state index contributed by atoms with van der Waals surface area (Å²) in [5.41, 5.74) is 2.58. The van der Waals surface area contributed by atoms with Crippen LogP contribution in [0.2, 0.25) is 0 Å². The molecule has 1 aliphatic heterocycles. The fraction of sp³-hybridized carbons (Fsp3) is 0.333. The van der Waals surface area contributed by atoms with Gasteiger partial charge in [0.05, 0.1) is 8.93 Å². The maximum atomic E-state index is 5.44. The minimum Gasteiger partial charge on any atom is -0.454 e. The van der Waals surface area contributed by atoms with Gasteiger partial charge in [-0.05, 0) is 65.6 Å². The van der Waals surface area contributed by atoms with Crippen molar-refractivity contribution in [2.24, 2.45) is 0 Å². The molecular formula is C15H14INO2S. The smallest absolute Gasteiger partial charge is 0.231 e. The molecule has 1 unspecified atom stereocenters. The Balaban J connectivity index is 1.60. The number of ether oxygens (including phenoxy) is 2. The largest absolute Gasteiger partial charge is 0.454 e. The van der Waals surface area contributed by atoms with Gasteiger partial charge in [-0.3, -0.25) is 0 Å². The number of fused-ring (bicyclic) bond motifs is 2. The predicted molar refractivity (Wildman–Crippen MR) is 88.9 cm³/mol. The van der Waals surface area contributed by atoms with E-state index in [1.807, 2.05) is 23.5 Å². The molecule has 5 heteroatoms. The molecule has 1 aliphatic carbocycles. The standard InChI is InChI=1S/C15H14INO2S/c16-15-7-10-11(2-1-3-14(10)20-15)17-9-4-5-12-13(6-9)19-8-18-12/h4-7,11,17H,1-3,8H2. The van der Waals surface area contributed by atoms with Crippen molar-refractivity contribution in [3.05, 3.63) is 37.6 Å². The van der Waals surface area contributed by atoms with Crippen LogP contribution >= 0.6 is 33.9 Å². The number of hydrogen-bond donors (Lipinski definition) is 1. The molecule has 3 nitrogen and oxygen atoms in total. The molecule has 2 heterocycles. The molecule has 1 atom stereocenters. The van der Waals surface area contributed by atoms with E-state index in [4.69, 9.17) is 9.47 Å². The number of benzene rings is 1. The SMILES string of the molecule is Ic1cc2c(s1)CCCC2Nc1ccc2c(c1)OCO2. The first-order valence-electron chi connectivity index (χ1n) is 6.74. The molecule has 2 aromatic rings. The lowest BCUT2D eigenvalue weighted by Gasteiger charge is -2.24. The molecule has 0 bridgehead atoms. The molecule has 2 aliphatic rings. The predicted octanol–water partition coefficient (Wildman–Crippen LogP) is 4.57. The van der Waals surface area contributed by atoms with Gasteiger partial charge in [-0.2, -0.15) is 0 Å². The van der Waals surface area contributed by atoms with E-state index >= 15 is 0 Å². The summed E-state index contributed by atoms with van der Waals surface area (Å²) in [6, 6.07) is 8.82. The van der Waals surface area contributed by atoms with Crippen LogP contribution in [0.1, 0.15) is 29.3 Å². The van der Waals surface area contributed by atoms with E-state index in [2.05, 4.69) is 40.0 Å². The molecule has 0 fully saturated rings. The van der Waals surface area contributed by atoms with Crippen LogP contribution in [0.25, 0.3) is 0 Å². The molecule has 0 spiro atoms. The summed E-state index contributed by atoms with van der Waals surface area (Å²) in [4.78, 5) is 1.54. The summed E-state index contributed by atoms with van der Waals surface area (Å²) >= 11 is 4.35. The Bertz CT molecular complexity index is 655. The van der Waals surface area contributed by atoms with Crippen molar-refractivity contribution < 1.29 is 9.47 Å². The molecule has 4 rings (SSSR count). The molecule has 0 radical (unpaired) electrons. The zero-order chi connectivity index (χ0) is 13.5. The molecule has 0 saturated carbocycles. The van der Waals surface area contributed by atoms with Gasteiger partial charge < -0.3 is 14.8 Å². The number of aryl methyl sites for hydroxylation is 1. The normalized spacial score (nSPS) is 19.8. The Hall–Kier alpha value is -0.950. The van der Waals surface area contributed by atoms with Crippen molar-refractivity contribution in [3.63, 3.8) is 0 Å². The Morgan fingerprint density at radius 3 is 3.05 bits per heavy atom. The highest BCUT2D eigenvalue weighted by molar-refractivity contribution is 14.1. The van der Waals surface area contributed by atoms with E-state index in [1.165, 1.54) is 27.7 Å². The van der Waals surface area contributed by atoms with Gasteiger partial charge in [0.1, 0.15) is 0 Å². The van der Waals surface area contributed by atoms with Gasteiger partial charge in [0.2, 0.25) is 6.79 Å². The average molecular weight is 399 g/mol. The molecule has 104 valence electrons. The van der Waals surface area contributed by atoms with Gasteiger partial charge in [0.15, 0.2) is 11.5 Å². The van der Waals surface area contributed by atoms with Crippen LogP contribution < -0.4 is 14.8 Å². The molecule has 0 amide bonds. The number of rotatable bonds is 2. The van der Waals surface area contributed by atoms with Gasteiger partial charge >= 0.3 is 0 Å². The monoisotopic (exact) mass is 399 g/mol. The number of nitrogens with one attached hydrogen (secondary N) is 1. The third kappa shape index (κ3) is 2.26. The molecule has 0 saturated heterocycles. The summed E-state index contributed by atoms with van der Waals surface area (Å²) in [5, 5.41) is 3.65. The molecular weight excluding hydrogens is 385 g/mol. The first kappa shape index (κ1) is 12.8. The number of thiophene rings is 1. The third-order valence-corrected chi connectivity index (χ3v) is 5.77. The van der Waals surface area contributed by atoms with Crippen LogP contribution in [0.15, 0.2) is 24.3 Å². The summed E-state index contributed by atoms with van der Waals surface area (Å²) in [6.07, 6.45) is 3.67. The van der Waals surface area contributed by atoms with E-state index in [0.29, 0.717) is 12.8 Å². The van der Waals surface area contributed by atoms with Gasteiger partial charge in [-0.25, -0.2) is 0 Å². The minimum atomic E-state index is 0.328. The second-order valence-corrected chi connectivity index (χ2v) is 8.12. The molecule has 1 N–H and O–H groups in total. The lowest BCUT2D eigenvalue weighted by atomic mass is 9.94. The quantitative estimate of drug-likeness (QED) is 0.751. The van der Waals surface area contributed by atoms with Crippen LogP contribution in [0, 0.1) is 2.88 Å². The van der Waals surface area contributed by atoms with E-state index in [0.717, 1.165) is 17.2 Å². The summed E-state index contributed by atoms with van der Waals surface area (Å²) in [7, 11) is 0. The Labute approximate surface area is 135 Å². The zero-order valence-corrected chi connectivity index (χ0v) is 13.8. The van der Waals surface area contributed by atoms with Crippen LogP contribution in [0.3, 0.4) is 0 Å². The van der Waals surface area contributed by atoms with E-state index in [1.54, 1.807) is 4.88 Å². The van der Waals surface area contributed by atoms with Gasteiger partial charge in [0, 0.05) is 16.6 Å². The van der Waals surface area contributed by atoms with Crippen molar-refractivity contribution in [3.8, 4) is 11.5 Å². The van der Waals surface area contributed by atoms with Crippen molar-refractivity contribution >= 4 is 39.6 Å². The minimum absolute atomic E-state index is 0.328. The van der Waals surface area contributed by atoms with Crippen molar-refractivity contribution in [1.29, 1.82) is 0 Å². The van der Waals surface area contributed by atoms with Crippen LogP contribution in [0.4, 0.5) is 5.69 Å². The first-order chi connectivity index (χ1) is 9.79. The van der Waals surface area contributed by atoms with E-state index in [-0.39, 0.29) is 0 Å². The average Bonchev–Trinajstić information content (AvgIpc) is 3.04. The van der Waals surface area contributed by atoms with Crippen molar-refractivity contribution in [2.45, 2.75) is 25.3 Å². The zero-order valence-electron chi connectivity index (χ0n) is 10.8. The fourth-order valence-corrected chi connectivity index (χ4v) is 4.98. The van der Waals surface area contributed by atoms with E-state index in [9.17, 15) is 0 Å². The van der Waals surface area contributed by atoms with Crippen LogP contribution in [-0.2, 0) is 6.42 Å².